The third kappa shape index (κ3) is 2.89. The second-order valence-electron chi connectivity index (χ2n) is 7.38. The Morgan fingerprint density at radius 3 is 3.12 bits per heavy atom. The predicted octanol–water partition coefficient (Wildman–Crippen LogP) is 1.88. The van der Waals surface area contributed by atoms with Crippen molar-refractivity contribution in [3.05, 3.63) is 42.5 Å². The number of benzene rings is 1. The first-order chi connectivity index (χ1) is 12.1. The third-order valence-electron chi connectivity index (χ3n) is 5.43. The second kappa shape index (κ2) is 6.15. The number of hydrogen-bond donors (Lipinski definition) is 2. The van der Waals surface area contributed by atoms with E-state index in [0.29, 0.717) is 12.5 Å². The van der Waals surface area contributed by atoms with Crippen molar-refractivity contribution >= 4 is 6.03 Å². The summed E-state index contributed by atoms with van der Waals surface area (Å²) in [6.07, 6.45) is 4.45. The van der Waals surface area contributed by atoms with Gasteiger partial charge in [-0.15, -0.1) is 0 Å². The fourth-order valence-electron chi connectivity index (χ4n) is 4.14. The molecule has 2 fully saturated rings. The van der Waals surface area contributed by atoms with Crippen LogP contribution in [0.5, 0.6) is 0 Å². The highest BCUT2D eigenvalue weighted by Crippen LogP contribution is 2.52. The normalized spacial score (nSPS) is 26.6. The molecule has 1 aromatic carbocycles. The Labute approximate surface area is 146 Å². The highest BCUT2D eigenvalue weighted by Gasteiger charge is 2.59. The van der Waals surface area contributed by atoms with Gasteiger partial charge in [0.05, 0.1) is 11.8 Å². The molecule has 1 aliphatic carbocycles. The minimum Gasteiger partial charge on any atom is -0.377 e. The molecule has 0 unspecified atom stereocenters. The number of ether oxygens (including phenoxy) is 1. The van der Waals surface area contributed by atoms with Gasteiger partial charge in [0.25, 0.3) is 0 Å². The lowest BCUT2D eigenvalue weighted by Gasteiger charge is -2.54. The van der Waals surface area contributed by atoms with Gasteiger partial charge in [0.2, 0.25) is 0 Å². The van der Waals surface area contributed by atoms with Crippen LogP contribution in [0.25, 0.3) is 5.69 Å². The molecule has 2 N–H and O–H groups in total. The Morgan fingerprint density at radius 2 is 2.32 bits per heavy atom. The maximum absolute atomic E-state index is 12.3. The number of urea groups is 1. The minimum atomic E-state index is -0.130. The summed E-state index contributed by atoms with van der Waals surface area (Å²) in [5.41, 5.74) is 1.92. The lowest BCUT2D eigenvalue weighted by molar-refractivity contribution is -0.108. The SMILES string of the molecule is CC1(C)[C@H](NC(=O)NCc2cccc(-n3cncn3)c2)[C@@H]2CCO[C@H]21. The van der Waals surface area contributed by atoms with E-state index in [2.05, 4.69) is 34.6 Å². The number of aromatic nitrogens is 3. The molecule has 2 aromatic rings. The fraction of sp³-hybridized carbons (Fsp3) is 0.500. The zero-order valence-electron chi connectivity index (χ0n) is 14.5. The van der Waals surface area contributed by atoms with Crippen LogP contribution in [0.15, 0.2) is 36.9 Å². The molecule has 1 saturated carbocycles. The first-order valence-electron chi connectivity index (χ1n) is 8.65. The Hall–Kier alpha value is -2.41. The molecule has 7 heteroatoms. The largest absolute Gasteiger partial charge is 0.377 e. The van der Waals surface area contributed by atoms with Gasteiger partial charge in [0.15, 0.2) is 0 Å². The van der Waals surface area contributed by atoms with Crippen LogP contribution in [0, 0.1) is 11.3 Å². The first-order valence-corrected chi connectivity index (χ1v) is 8.65. The van der Waals surface area contributed by atoms with Crippen molar-refractivity contribution in [3.63, 3.8) is 0 Å². The number of nitrogens with one attached hydrogen (secondary N) is 2. The molecule has 1 aromatic heterocycles. The zero-order valence-corrected chi connectivity index (χ0v) is 14.5. The van der Waals surface area contributed by atoms with Gasteiger partial charge in [-0.25, -0.2) is 14.5 Å². The zero-order chi connectivity index (χ0) is 17.4. The van der Waals surface area contributed by atoms with Crippen LogP contribution in [0.1, 0.15) is 25.8 Å². The standard InChI is InChI=1S/C18H23N5O2/c1-18(2)15(14-6-7-25-16(14)18)22-17(24)20-9-12-4-3-5-13(8-12)23-11-19-10-21-23/h3-5,8,10-11,14-16H,6-7,9H2,1-2H3,(H2,20,22,24)/t14-,15+,16+/m0/s1. The number of rotatable bonds is 4. The second-order valence-corrected chi connectivity index (χ2v) is 7.38. The minimum absolute atomic E-state index is 0.00842. The van der Waals surface area contributed by atoms with Crippen LogP contribution in [-0.4, -0.2) is 39.5 Å². The van der Waals surface area contributed by atoms with Crippen LogP contribution >= 0.6 is 0 Å². The Balaban J connectivity index is 1.34. The average molecular weight is 341 g/mol. The van der Waals surface area contributed by atoms with Gasteiger partial charge in [-0.05, 0) is 24.1 Å². The quantitative estimate of drug-likeness (QED) is 0.890. The molecule has 2 aliphatic rings. The Morgan fingerprint density at radius 1 is 1.44 bits per heavy atom. The number of carbonyl (C=O) groups is 1. The number of hydrogen-bond acceptors (Lipinski definition) is 4. The molecule has 132 valence electrons. The van der Waals surface area contributed by atoms with Crippen molar-refractivity contribution < 1.29 is 9.53 Å². The van der Waals surface area contributed by atoms with Gasteiger partial charge in [-0.2, -0.15) is 5.10 Å². The van der Waals surface area contributed by atoms with Gasteiger partial charge in [-0.1, -0.05) is 26.0 Å². The molecular weight excluding hydrogens is 318 g/mol. The van der Waals surface area contributed by atoms with Crippen molar-refractivity contribution in [1.29, 1.82) is 0 Å². The summed E-state index contributed by atoms with van der Waals surface area (Å²) < 4.78 is 7.47. The molecule has 1 saturated heterocycles. The molecular formula is C18H23N5O2. The molecule has 4 rings (SSSR count). The molecule has 2 heterocycles. The monoisotopic (exact) mass is 341 g/mol. The van der Waals surface area contributed by atoms with E-state index in [1.165, 1.54) is 6.33 Å². The predicted molar refractivity (Wildman–Crippen MR) is 92.1 cm³/mol. The summed E-state index contributed by atoms with van der Waals surface area (Å²) in [7, 11) is 0. The van der Waals surface area contributed by atoms with E-state index in [1.807, 2.05) is 24.3 Å². The Bertz CT molecular complexity index is 759. The van der Waals surface area contributed by atoms with Gasteiger partial charge in [0.1, 0.15) is 12.7 Å². The van der Waals surface area contributed by atoms with Crippen molar-refractivity contribution in [3.8, 4) is 5.69 Å². The number of amides is 2. The van der Waals surface area contributed by atoms with E-state index in [-0.39, 0.29) is 23.6 Å². The number of fused-ring (bicyclic) bond motifs is 1. The van der Waals surface area contributed by atoms with Crippen molar-refractivity contribution in [2.45, 2.75) is 39.0 Å². The molecule has 0 spiro atoms. The van der Waals surface area contributed by atoms with E-state index in [0.717, 1.165) is 24.3 Å². The van der Waals surface area contributed by atoms with Crippen molar-refractivity contribution in [1.82, 2.24) is 25.4 Å². The number of nitrogens with zero attached hydrogens (tertiary/aromatic N) is 3. The van der Waals surface area contributed by atoms with Crippen molar-refractivity contribution in [2.24, 2.45) is 11.3 Å². The van der Waals surface area contributed by atoms with Gasteiger partial charge < -0.3 is 15.4 Å². The summed E-state index contributed by atoms with van der Waals surface area (Å²) in [5, 5.41) is 10.2. The van der Waals surface area contributed by atoms with E-state index in [1.54, 1.807) is 11.0 Å². The lowest BCUT2D eigenvalue weighted by Crippen LogP contribution is -2.67. The number of carbonyl (C=O) groups excluding carboxylic acids is 1. The topological polar surface area (TPSA) is 81.1 Å². The molecule has 3 atom stereocenters. The summed E-state index contributed by atoms with van der Waals surface area (Å²) in [5.74, 6) is 0.441. The molecule has 0 radical (unpaired) electrons. The van der Waals surface area contributed by atoms with Crippen LogP contribution in [0.4, 0.5) is 4.79 Å². The maximum atomic E-state index is 12.3. The summed E-state index contributed by atoms with van der Waals surface area (Å²) in [4.78, 5) is 16.3. The first kappa shape index (κ1) is 16.1. The summed E-state index contributed by atoms with van der Waals surface area (Å²) in [6, 6.07) is 7.91. The van der Waals surface area contributed by atoms with Crippen LogP contribution in [-0.2, 0) is 11.3 Å². The fourth-order valence-corrected chi connectivity index (χ4v) is 4.14. The molecule has 1 aliphatic heterocycles. The van der Waals surface area contributed by atoms with Gasteiger partial charge in [0, 0.05) is 30.5 Å². The summed E-state index contributed by atoms with van der Waals surface area (Å²) in [6.45, 7) is 5.58. The van der Waals surface area contributed by atoms with E-state index < -0.39 is 0 Å². The van der Waals surface area contributed by atoms with Crippen LogP contribution in [0.3, 0.4) is 0 Å². The smallest absolute Gasteiger partial charge is 0.315 e. The maximum Gasteiger partial charge on any atom is 0.315 e. The molecule has 25 heavy (non-hydrogen) atoms. The van der Waals surface area contributed by atoms with E-state index in [4.69, 9.17) is 4.74 Å². The van der Waals surface area contributed by atoms with Gasteiger partial charge in [-0.3, -0.25) is 0 Å². The molecule has 7 nitrogen and oxygen atoms in total. The lowest BCUT2D eigenvalue weighted by atomic mass is 9.57. The van der Waals surface area contributed by atoms with Crippen molar-refractivity contribution in [2.75, 3.05) is 6.61 Å². The van der Waals surface area contributed by atoms with E-state index >= 15 is 0 Å². The summed E-state index contributed by atoms with van der Waals surface area (Å²) >= 11 is 0. The van der Waals surface area contributed by atoms with E-state index in [9.17, 15) is 4.79 Å². The highest BCUT2D eigenvalue weighted by molar-refractivity contribution is 5.74. The Kier molecular flexibility index (Phi) is 3.95. The van der Waals surface area contributed by atoms with Gasteiger partial charge >= 0.3 is 6.03 Å². The third-order valence-corrected chi connectivity index (χ3v) is 5.43. The van der Waals surface area contributed by atoms with Crippen LogP contribution in [0.2, 0.25) is 0 Å². The molecule has 2 amide bonds. The van der Waals surface area contributed by atoms with Crippen LogP contribution < -0.4 is 10.6 Å². The average Bonchev–Trinajstić information content (AvgIpc) is 3.28. The highest BCUT2D eigenvalue weighted by atomic mass is 16.5. The molecule has 0 bridgehead atoms.